The Hall–Kier alpha value is -3.12. The second-order valence-electron chi connectivity index (χ2n) is 5.26. The molecule has 0 saturated carbocycles. The molecule has 118 valence electrons. The molecule has 4 aromatic rings. The van der Waals surface area contributed by atoms with Crippen LogP contribution in [0.1, 0.15) is 0 Å². The molecule has 0 aliphatic heterocycles. The summed E-state index contributed by atoms with van der Waals surface area (Å²) in [5, 5.41) is 4.70. The second kappa shape index (κ2) is 5.82. The van der Waals surface area contributed by atoms with E-state index in [1.54, 1.807) is 18.5 Å². The Bertz CT molecular complexity index is 1030. The predicted octanol–water partition coefficient (Wildman–Crippen LogP) is 4.00. The van der Waals surface area contributed by atoms with Crippen LogP contribution in [0, 0.1) is 0 Å². The first-order chi connectivity index (χ1) is 11.7. The van der Waals surface area contributed by atoms with Crippen LogP contribution in [0.15, 0.2) is 55.0 Å². The monoisotopic (exact) mass is 336 g/mol. The first-order valence-electron chi connectivity index (χ1n) is 7.28. The zero-order valence-electron chi connectivity index (χ0n) is 12.5. The van der Waals surface area contributed by atoms with Gasteiger partial charge in [0.05, 0.1) is 11.9 Å². The molecule has 0 amide bonds. The molecule has 0 aliphatic carbocycles. The summed E-state index contributed by atoms with van der Waals surface area (Å²) in [6.07, 6.45) is 5.17. The molecule has 0 bridgehead atoms. The number of anilines is 3. The highest BCUT2D eigenvalue weighted by Crippen LogP contribution is 2.26. The number of nitrogens with two attached hydrogens (primary N) is 1. The predicted molar refractivity (Wildman–Crippen MR) is 96.3 cm³/mol. The molecule has 4 rings (SSSR count). The van der Waals surface area contributed by atoms with Crippen LogP contribution in [0.2, 0.25) is 5.15 Å². The van der Waals surface area contributed by atoms with E-state index in [2.05, 4.69) is 25.3 Å². The molecule has 3 aromatic heterocycles. The smallest absolute Gasteiger partial charge is 0.173 e. The molecule has 0 aliphatic rings. The SMILES string of the molecule is Nc1nc(-c2ccnc(Cl)c2)cnc1Nc1ccc2[nH]ccc2c1. The molecule has 0 atom stereocenters. The lowest BCUT2D eigenvalue weighted by molar-refractivity contribution is 1.20. The topological polar surface area (TPSA) is 92.5 Å². The summed E-state index contributed by atoms with van der Waals surface area (Å²) in [5.74, 6) is 0.823. The minimum atomic E-state index is 0.314. The zero-order chi connectivity index (χ0) is 16.5. The lowest BCUT2D eigenvalue weighted by atomic mass is 10.2. The molecular formula is C17H13ClN6. The number of aromatic nitrogens is 4. The number of nitrogen functional groups attached to an aromatic ring is 1. The first-order valence-corrected chi connectivity index (χ1v) is 7.65. The lowest BCUT2D eigenvalue weighted by Gasteiger charge is -2.09. The number of nitrogens with one attached hydrogen (secondary N) is 2. The Morgan fingerprint density at radius 3 is 2.83 bits per heavy atom. The largest absolute Gasteiger partial charge is 0.381 e. The van der Waals surface area contributed by atoms with Gasteiger partial charge in [-0.1, -0.05) is 11.6 Å². The van der Waals surface area contributed by atoms with Crippen molar-refractivity contribution in [3.05, 3.63) is 60.1 Å². The fourth-order valence-corrected chi connectivity index (χ4v) is 2.64. The van der Waals surface area contributed by atoms with Crippen molar-refractivity contribution in [1.29, 1.82) is 0 Å². The van der Waals surface area contributed by atoms with Crippen LogP contribution in [0.4, 0.5) is 17.3 Å². The van der Waals surface area contributed by atoms with Gasteiger partial charge < -0.3 is 16.0 Å². The summed E-state index contributed by atoms with van der Waals surface area (Å²) < 4.78 is 0. The maximum atomic E-state index is 6.05. The number of rotatable bonds is 3. The molecule has 0 unspecified atom stereocenters. The van der Waals surface area contributed by atoms with Gasteiger partial charge in [-0.2, -0.15) is 0 Å². The average molecular weight is 337 g/mol. The molecular weight excluding hydrogens is 324 g/mol. The van der Waals surface area contributed by atoms with Crippen LogP contribution in [0.5, 0.6) is 0 Å². The van der Waals surface area contributed by atoms with Gasteiger partial charge in [-0.25, -0.2) is 15.0 Å². The third kappa shape index (κ3) is 2.75. The average Bonchev–Trinajstić information content (AvgIpc) is 3.04. The molecule has 0 fully saturated rings. The Kier molecular flexibility index (Phi) is 3.51. The van der Waals surface area contributed by atoms with Gasteiger partial charge in [0.2, 0.25) is 0 Å². The van der Waals surface area contributed by atoms with Crippen molar-refractivity contribution >= 4 is 39.8 Å². The number of pyridine rings is 1. The molecule has 0 radical (unpaired) electrons. The number of H-pyrrole nitrogens is 1. The molecule has 1 aromatic carbocycles. The zero-order valence-corrected chi connectivity index (χ0v) is 13.2. The fraction of sp³-hybridized carbons (Fsp3) is 0. The fourth-order valence-electron chi connectivity index (χ4n) is 2.47. The van der Waals surface area contributed by atoms with E-state index >= 15 is 0 Å². The van der Waals surface area contributed by atoms with Crippen molar-refractivity contribution in [2.24, 2.45) is 0 Å². The van der Waals surface area contributed by atoms with E-state index in [0.29, 0.717) is 22.5 Å². The van der Waals surface area contributed by atoms with E-state index in [1.807, 2.05) is 36.5 Å². The van der Waals surface area contributed by atoms with Gasteiger partial charge in [0, 0.05) is 34.5 Å². The molecule has 4 N–H and O–H groups in total. The van der Waals surface area contributed by atoms with Gasteiger partial charge in [-0.05, 0) is 36.4 Å². The Morgan fingerprint density at radius 2 is 2.00 bits per heavy atom. The number of benzene rings is 1. The molecule has 24 heavy (non-hydrogen) atoms. The number of nitrogens with zero attached hydrogens (tertiary/aromatic N) is 3. The van der Waals surface area contributed by atoms with Gasteiger partial charge in [-0.15, -0.1) is 0 Å². The van der Waals surface area contributed by atoms with Crippen molar-refractivity contribution in [2.45, 2.75) is 0 Å². The van der Waals surface area contributed by atoms with Gasteiger partial charge in [-0.3, -0.25) is 0 Å². The summed E-state index contributed by atoms with van der Waals surface area (Å²) in [6, 6.07) is 11.5. The van der Waals surface area contributed by atoms with E-state index in [9.17, 15) is 0 Å². The molecule has 7 heteroatoms. The summed E-state index contributed by atoms with van der Waals surface area (Å²) in [5.41, 5.74) is 9.47. The highest BCUT2D eigenvalue weighted by Gasteiger charge is 2.08. The van der Waals surface area contributed by atoms with Crippen LogP contribution in [-0.2, 0) is 0 Å². The molecule has 0 saturated heterocycles. The van der Waals surface area contributed by atoms with Crippen LogP contribution in [0.25, 0.3) is 22.2 Å². The minimum absolute atomic E-state index is 0.314. The van der Waals surface area contributed by atoms with Crippen LogP contribution in [-0.4, -0.2) is 19.9 Å². The van der Waals surface area contributed by atoms with Crippen LogP contribution in [0.3, 0.4) is 0 Å². The standard InChI is InChI=1S/C17H13ClN6/c18-15-8-11(4-6-21-15)14-9-22-17(16(19)24-14)23-12-1-2-13-10(7-12)3-5-20-13/h1-9,20H,(H2,19,24)(H,22,23). The number of hydrogen-bond donors (Lipinski definition) is 3. The van der Waals surface area contributed by atoms with Gasteiger partial charge in [0.1, 0.15) is 5.15 Å². The Labute approximate surface area is 142 Å². The van der Waals surface area contributed by atoms with Crippen molar-refractivity contribution in [3.63, 3.8) is 0 Å². The van der Waals surface area contributed by atoms with Crippen molar-refractivity contribution in [3.8, 4) is 11.3 Å². The quantitative estimate of drug-likeness (QED) is 0.492. The van der Waals surface area contributed by atoms with Crippen LogP contribution < -0.4 is 11.1 Å². The highest BCUT2D eigenvalue weighted by molar-refractivity contribution is 6.29. The summed E-state index contributed by atoms with van der Waals surface area (Å²) >= 11 is 5.91. The lowest BCUT2D eigenvalue weighted by Crippen LogP contribution is -2.02. The number of halogens is 1. The highest BCUT2D eigenvalue weighted by atomic mass is 35.5. The number of aromatic amines is 1. The summed E-state index contributed by atoms with van der Waals surface area (Å²) in [4.78, 5) is 15.9. The molecule has 6 nitrogen and oxygen atoms in total. The molecule has 3 heterocycles. The minimum Gasteiger partial charge on any atom is -0.381 e. The number of fused-ring (bicyclic) bond motifs is 1. The van der Waals surface area contributed by atoms with Gasteiger partial charge >= 0.3 is 0 Å². The van der Waals surface area contributed by atoms with Gasteiger partial charge in [0.15, 0.2) is 11.6 Å². The van der Waals surface area contributed by atoms with E-state index < -0.39 is 0 Å². The van der Waals surface area contributed by atoms with Gasteiger partial charge in [0.25, 0.3) is 0 Å². The second-order valence-corrected chi connectivity index (χ2v) is 5.65. The van der Waals surface area contributed by atoms with Crippen molar-refractivity contribution < 1.29 is 0 Å². The third-order valence-corrected chi connectivity index (χ3v) is 3.84. The van der Waals surface area contributed by atoms with Crippen molar-refractivity contribution in [2.75, 3.05) is 11.1 Å². The molecule has 0 spiro atoms. The maximum Gasteiger partial charge on any atom is 0.173 e. The Morgan fingerprint density at radius 1 is 1.08 bits per heavy atom. The summed E-state index contributed by atoms with van der Waals surface area (Å²) in [6.45, 7) is 0. The van der Waals surface area contributed by atoms with Crippen molar-refractivity contribution in [1.82, 2.24) is 19.9 Å². The summed E-state index contributed by atoms with van der Waals surface area (Å²) in [7, 11) is 0. The first kappa shape index (κ1) is 14.5. The Balaban J connectivity index is 1.64. The maximum absolute atomic E-state index is 6.05. The van der Waals surface area contributed by atoms with E-state index in [0.717, 1.165) is 22.2 Å². The number of hydrogen-bond acceptors (Lipinski definition) is 5. The van der Waals surface area contributed by atoms with E-state index in [-0.39, 0.29) is 0 Å². The normalized spacial score (nSPS) is 10.9. The van der Waals surface area contributed by atoms with E-state index in [4.69, 9.17) is 17.3 Å². The van der Waals surface area contributed by atoms with E-state index in [1.165, 1.54) is 0 Å². The third-order valence-electron chi connectivity index (χ3n) is 3.64. The van der Waals surface area contributed by atoms with Crippen LogP contribution >= 0.6 is 11.6 Å².